The summed E-state index contributed by atoms with van der Waals surface area (Å²) in [6.45, 7) is 1.68. The van der Waals surface area contributed by atoms with E-state index in [0.717, 1.165) is 0 Å². The SMILES string of the molecule is CC[C@@H](NC(=O)Nc1ccc(OC)c(Br)c1)C(=O)O. The van der Waals surface area contributed by atoms with Gasteiger partial charge in [0.05, 0.1) is 11.6 Å². The largest absolute Gasteiger partial charge is 0.496 e. The van der Waals surface area contributed by atoms with E-state index < -0.39 is 18.0 Å². The topological polar surface area (TPSA) is 87.7 Å². The van der Waals surface area contributed by atoms with Crippen LogP contribution in [0, 0.1) is 0 Å². The third-order valence-corrected chi connectivity index (χ3v) is 3.04. The molecule has 0 fully saturated rings. The number of benzene rings is 1. The van der Waals surface area contributed by atoms with Crippen molar-refractivity contribution in [1.29, 1.82) is 0 Å². The summed E-state index contributed by atoms with van der Waals surface area (Å²) in [6, 6.07) is 3.55. The highest BCUT2D eigenvalue weighted by atomic mass is 79.9. The zero-order valence-corrected chi connectivity index (χ0v) is 12.2. The molecule has 0 unspecified atom stereocenters. The molecule has 0 aliphatic carbocycles. The molecule has 1 atom stereocenters. The second kappa shape index (κ2) is 6.98. The van der Waals surface area contributed by atoms with Crippen molar-refractivity contribution >= 4 is 33.6 Å². The number of carboxylic acids is 1. The number of carbonyl (C=O) groups is 2. The summed E-state index contributed by atoms with van der Waals surface area (Å²) in [4.78, 5) is 22.4. The minimum atomic E-state index is -1.06. The Kier molecular flexibility index (Phi) is 5.62. The van der Waals surface area contributed by atoms with Crippen molar-refractivity contribution in [2.24, 2.45) is 0 Å². The molecule has 3 N–H and O–H groups in total. The first kappa shape index (κ1) is 15.3. The predicted molar refractivity (Wildman–Crippen MR) is 74.6 cm³/mol. The maximum Gasteiger partial charge on any atom is 0.326 e. The van der Waals surface area contributed by atoms with Gasteiger partial charge in [-0.15, -0.1) is 0 Å². The van der Waals surface area contributed by atoms with E-state index in [2.05, 4.69) is 26.6 Å². The number of halogens is 1. The van der Waals surface area contributed by atoms with E-state index in [9.17, 15) is 9.59 Å². The predicted octanol–water partition coefficient (Wildman–Crippen LogP) is 2.44. The average molecular weight is 331 g/mol. The number of nitrogens with one attached hydrogen (secondary N) is 2. The van der Waals surface area contributed by atoms with Gasteiger partial charge in [0.1, 0.15) is 11.8 Å². The fourth-order valence-corrected chi connectivity index (χ4v) is 1.95. The smallest absolute Gasteiger partial charge is 0.326 e. The summed E-state index contributed by atoms with van der Waals surface area (Å²) in [5.74, 6) is -0.420. The molecular weight excluding hydrogens is 316 g/mol. The molecule has 1 aromatic carbocycles. The van der Waals surface area contributed by atoms with Gasteiger partial charge in [-0.25, -0.2) is 9.59 Å². The van der Waals surface area contributed by atoms with Gasteiger partial charge < -0.3 is 20.5 Å². The molecule has 0 aliphatic heterocycles. The number of hydrogen-bond acceptors (Lipinski definition) is 3. The molecule has 0 heterocycles. The van der Waals surface area contributed by atoms with Crippen LogP contribution in [-0.2, 0) is 4.79 Å². The molecule has 1 rings (SSSR count). The summed E-state index contributed by atoms with van der Waals surface area (Å²) in [5.41, 5.74) is 0.533. The van der Waals surface area contributed by atoms with Crippen molar-refractivity contribution in [3.63, 3.8) is 0 Å². The lowest BCUT2D eigenvalue weighted by atomic mass is 10.2. The Bertz CT molecular complexity index is 479. The van der Waals surface area contributed by atoms with Crippen LogP contribution in [0.1, 0.15) is 13.3 Å². The molecule has 0 aromatic heterocycles. The van der Waals surface area contributed by atoms with E-state index in [0.29, 0.717) is 22.3 Å². The number of anilines is 1. The van der Waals surface area contributed by atoms with Gasteiger partial charge in [0, 0.05) is 5.69 Å². The van der Waals surface area contributed by atoms with Crippen LogP contribution in [0.3, 0.4) is 0 Å². The third-order valence-electron chi connectivity index (χ3n) is 2.42. The summed E-state index contributed by atoms with van der Waals surface area (Å²) < 4.78 is 5.76. The van der Waals surface area contributed by atoms with Crippen LogP contribution in [0.2, 0.25) is 0 Å². The fourth-order valence-electron chi connectivity index (χ4n) is 1.41. The van der Waals surface area contributed by atoms with E-state index in [4.69, 9.17) is 9.84 Å². The summed E-state index contributed by atoms with van der Waals surface area (Å²) in [6.07, 6.45) is 0.315. The maximum atomic E-state index is 11.6. The molecular formula is C12H15BrN2O4. The van der Waals surface area contributed by atoms with Crippen LogP contribution in [0.15, 0.2) is 22.7 Å². The van der Waals surface area contributed by atoms with Gasteiger partial charge in [-0.2, -0.15) is 0 Å². The van der Waals surface area contributed by atoms with Crippen LogP contribution in [0.25, 0.3) is 0 Å². The van der Waals surface area contributed by atoms with E-state index in [1.807, 2.05) is 0 Å². The van der Waals surface area contributed by atoms with Crippen molar-refractivity contribution in [2.45, 2.75) is 19.4 Å². The molecule has 0 spiro atoms. The highest BCUT2D eigenvalue weighted by Gasteiger charge is 2.17. The number of aliphatic carboxylic acids is 1. The van der Waals surface area contributed by atoms with Crippen molar-refractivity contribution in [2.75, 3.05) is 12.4 Å². The third kappa shape index (κ3) is 4.44. The summed E-state index contributed by atoms with van der Waals surface area (Å²) in [5, 5.41) is 13.8. The number of rotatable bonds is 5. The van der Waals surface area contributed by atoms with Crippen LogP contribution in [-0.4, -0.2) is 30.3 Å². The Balaban J connectivity index is 2.67. The number of hydrogen-bond donors (Lipinski definition) is 3. The minimum Gasteiger partial charge on any atom is -0.496 e. The minimum absolute atomic E-state index is 0.315. The maximum absolute atomic E-state index is 11.6. The Labute approximate surface area is 119 Å². The molecule has 2 amide bonds. The zero-order valence-electron chi connectivity index (χ0n) is 10.6. The second-order valence-electron chi connectivity index (χ2n) is 3.75. The van der Waals surface area contributed by atoms with Crippen molar-refractivity contribution < 1.29 is 19.4 Å². The Morgan fingerprint density at radius 2 is 2.16 bits per heavy atom. The highest BCUT2D eigenvalue weighted by Crippen LogP contribution is 2.27. The first-order valence-corrected chi connectivity index (χ1v) is 6.41. The van der Waals surface area contributed by atoms with E-state index in [1.165, 1.54) is 0 Å². The quantitative estimate of drug-likeness (QED) is 0.773. The molecule has 0 bridgehead atoms. The molecule has 0 saturated carbocycles. The molecule has 6 nitrogen and oxygen atoms in total. The second-order valence-corrected chi connectivity index (χ2v) is 4.60. The van der Waals surface area contributed by atoms with Crippen LogP contribution < -0.4 is 15.4 Å². The Morgan fingerprint density at radius 3 is 2.63 bits per heavy atom. The van der Waals surface area contributed by atoms with Gasteiger partial charge in [0.15, 0.2) is 0 Å². The van der Waals surface area contributed by atoms with Gasteiger partial charge in [-0.05, 0) is 40.5 Å². The zero-order chi connectivity index (χ0) is 14.4. The number of carboxylic acid groups (broad SMARTS) is 1. The molecule has 0 aliphatic rings. The van der Waals surface area contributed by atoms with Crippen molar-refractivity contribution in [3.8, 4) is 5.75 Å². The van der Waals surface area contributed by atoms with Gasteiger partial charge in [0.2, 0.25) is 0 Å². The van der Waals surface area contributed by atoms with Crippen LogP contribution >= 0.6 is 15.9 Å². The Morgan fingerprint density at radius 1 is 1.47 bits per heavy atom. The number of methoxy groups -OCH3 is 1. The number of urea groups is 1. The molecule has 0 radical (unpaired) electrons. The van der Waals surface area contributed by atoms with E-state index >= 15 is 0 Å². The van der Waals surface area contributed by atoms with E-state index in [-0.39, 0.29) is 0 Å². The van der Waals surface area contributed by atoms with Gasteiger partial charge in [-0.3, -0.25) is 0 Å². The molecule has 104 valence electrons. The lowest BCUT2D eigenvalue weighted by Crippen LogP contribution is -2.42. The van der Waals surface area contributed by atoms with Crippen molar-refractivity contribution in [1.82, 2.24) is 5.32 Å². The molecule has 0 saturated heterocycles. The van der Waals surface area contributed by atoms with Gasteiger partial charge >= 0.3 is 12.0 Å². The highest BCUT2D eigenvalue weighted by molar-refractivity contribution is 9.10. The monoisotopic (exact) mass is 330 g/mol. The number of amides is 2. The molecule has 19 heavy (non-hydrogen) atoms. The Hall–Kier alpha value is -1.76. The average Bonchev–Trinajstić information content (AvgIpc) is 2.35. The van der Waals surface area contributed by atoms with Crippen LogP contribution in [0.5, 0.6) is 5.75 Å². The molecule has 7 heteroatoms. The fraction of sp³-hybridized carbons (Fsp3) is 0.333. The summed E-state index contributed by atoms with van der Waals surface area (Å²) >= 11 is 3.29. The van der Waals surface area contributed by atoms with Gasteiger partial charge in [-0.1, -0.05) is 6.92 Å². The lowest BCUT2D eigenvalue weighted by molar-refractivity contribution is -0.139. The first-order chi connectivity index (χ1) is 8.97. The normalized spacial score (nSPS) is 11.5. The van der Waals surface area contributed by atoms with Crippen molar-refractivity contribution in [3.05, 3.63) is 22.7 Å². The summed E-state index contributed by atoms with van der Waals surface area (Å²) in [7, 11) is 1.54. The standard InChI is InChI=1S/C12H15BrN2O4/c1-3-9(11(16)17)15-12(18)14-7-4-5-10(19-2)8(13)6-7/h4-6,9H,3H2,1-2H3,(H,16,17)(H2,14,15,18)/t9-/m1/s1. The van der Waals surface area contributed by atoms with Gasteiger partial charge in [0.25, 0.3) is 0 Å². The molecule has 1 aromatic rings. The van der Waals surface area contributed by atoms with Crippen LogP contribution in [0.4, 0.5) is 10.5 Å². The number of carbonyl (C=O) groups excluding carboxylic acids is 1. The number of ether oxygens (including phenoxy) is 1. The lowest BCUT2D eigenvalue weighted by Gasteiger charge is -2.13. The van der Waals surface area contributed by atoms with E-state index in [1.54, 1.807) is 32.2 Å². The first-order valence-electron chi connectivity index (χ1n) is 5.61.